The molecule has 6 heterocycles. The molecule has 9 rings (SSSR count). The number of aromatic nitrogens is 2. The van der Waals surface area contributed by atoms with Gasteiger partial charge in [0.05, 0.1) is 17.0 Å². The highest BCUT2D eigenvalue weighted by molar-refractivity contribution is 6.05. The molecule has 234 valence electrons. The number of ether oxygens (including phenoxy) is 2. The number of aromatic hydroxyl groups is 1. The van der Waals surface area contributed by atoms with Crippen molar-refractivity contribution in [1.29, 1.82) is 0 Å². The molecule has 0 spiro atoms. The molecule has 5 aliphatic heterocycles. The van der Waals surface area contributed by atoms with Crippen LogP contribution in [0.4, 0.5) is 14.6 Å². The zero-order chi connectivity index (χ0) is 30.4. The second kappa shape index (κ2) is 10.1. The fourth-order valence-electron chi connectivity index (χ4n) is 8.95. The molecule has 45 heavy (non-hydrogen) atoms. The number of rotatable bonds is 5. The molecule has 4 fully saturated rings. The molecule has 5 aliphatic rings. The summed E-state index contributed by atoms with van der Waals surface area (Å²) in [6, 6.07) is 11.7. The van der Waals surface area contributed by atoms with E-state index >= 15 is 4.39 Å². The highest BCUT2D eigenvalue weighted by atomic mass is 19.1. The standard InChI is InChI=1S/C35H37F2N5O3/c1-2-19-5-3-6-20-11-23(43)12-24(29(19)20)25-13-28-30-32(31(25)37)39-34(45-18-35-9-4-10-41(35)15-21(36)14-35)40-33(30)42-16-22-7-8-26(38-22)27(42)17-44-28/h3,5-6,11-13,21-22,26-27,38,43H,2,4,7-10,14-18H2,1H3/t21-,22+,26-,27-,35-/m0/s1. The molecule has 2 bridgehead atoms. The number of piperazine rings is 1. The van der Waals surface area contributed by atoms with Crippen LogP contribution in [0.25, 0.3) is 32.8 Å². The molecule has 0 radical (unpaired) electrons. The number of alkyl halides is 1. The number of hydrogen-bond donors (Lipinski definition) is 2. The van der Waals surface area contributed by atoms with Crippen molar-refractivity contribution in [3.8, 4) is 28.6 Å². The van der Waals surface area contributed by atoms with Gasteiger partial charge in [-0.05, 0) is 78.7 Å². The number of nitrogens with zero attached hydrogens (tertiary/aromatic N) is 4. The van der Waals surface area contributed by atoms with Gasteiger partial charge < -0.3 is 24.8 Å². The lowest BCUT2D eigenvalue weighted by Crippen LogP contribution is -2.60. The lowest BCUT2D eigenvalue weighted by atomic mass is 9.92. The summed E-state index contributed by atoms with van der Waals surface area (Å²) >= 11 is 0. The van der Waals surface area contributed by atoms with Gasteiger partial charge in [-0.2, -0.15) is 9.97 Å². The van der Waals surface area contributed by atoms with Crippen LogP contribution in [0.1, 0.15) is 44.6 Å². The first-order chi connectivity index (χ1) is 21.9. The molecule has 4 saturated heterocycles. The van der Waals surface area contributed by atoms with Crippen molar-refractivity contribution in [2.75, 3.05) is 37.7 Å². The summed E-state index contributed by atoms with van der Waals surface area (Å²) in [4.78, 5) is 14.1. The van der Waals surface area contributed by atoms with E-state index in [2.05, 4.69) is 22.0 Å². The van der Waals surface area contributed by atoms with Crippen LogP contribution in [0.15, 0.2) is 36.4 Å². The molecule has 0 unspecified atom stereocenters. The molecule has 0 aliphatic carbocycles. The van der Waals surface area contributed by atoms with Crippen LogP contribution < -0.4 is 19.7 Å². The predicted octanol–water partition coefficient (Wildman–Crippen LogP) is 5.51. The molecular weight excluding hydrogens is 576 g/mol. The average molecular weight is 614 g/mol. The number of aryl methyl sites for hydroxylation is 1. The van der Waals surface area contributed by atoms with Crippen molar-refractivity contribution in [3.63, 3.8) is 0 Å². The summed E-state index contributed by atoms with van der Waals surface area (Å²) < 4.78 is 44.5. The Hall–Kier alpha value is -3.76. The molecule has 5 atom stereocenters. The highest BCUT2D eigenvalue weighted by Crippen LogP contribution is 2.47. The Kier molecular flexibility index (Phi) is 6.20. The van der Waals surface area contributed by atoms with Crippen molar-refractivity contribution in [1.82, 2.24) is 20.2 Å². The first-order valence-corrected chi connectivity index (χ1v) is 16.4. The number of phenolic OH excluding ortho intramolecular Hbond substituents is 1. The van der Waals surface area contributed by atoms with Crippen LogP contribution in [-0.2, 0) is 6.42 Å². The van der Waals surface area contributed by atoms with Crippen molar-refractivity contribution in [2.45, 2.75) is 75.3 Å². The van der Waals surface area contributed by atoms with Gasteiger partial charge in [-0.3, -0.25) is 4.90 Å². The summed E-state index contributed by atoms with van der Waals surface area (Å²) in [5.74, 6) is 0.703. The summed E-state index contributed by atoms with van der Waals surface area (Å²) in [5, 5.41) is 16.7. The minimum atomic E-state index is -0.877. The van der Waals surface area contributed by atoms with Crippen molar-refractivity contribution in [2.24, 2.45) is 0 Å². The highest BCUT2D eigenvalue weighted by Gasteiger charge is 2.50. The van der Waals surface area contributed by atoms with Gasteiger partial charge in [0, 0.05) is 37.2 Å². The quantitative estimate of drug-likeness (QED) is 0.305. The third kappa shape index (κ3) is 4.21. The third-order valence-corrected chi connectivity index (χ3v) is 11.0. The molecule has 0 amide bonds. The second-order valence-corrected chi connectivity index (χ2v) is 13.6. The Balaban J connectivity index is 1.24. The number of phenols is 1. The lowest BCUT2D eigenvalue weighted by molar-refractivity contribution is 0.107. The lowest BCUT2D eigenvalue weighted by Gasteiger charge is -2.40. The number of hydrogen-bond acceptors (Lipinski definition) is 8. The number of fused-ring (bicyclic) bond motifs is 7. The van der Waals surface area contributed by atoms with Gasteiger partial charge >= 0.3 is 6.01 Å². The van der Waals surface area contributed by atoms with Gasteiger partial charge in [-0.15, -0.1) is 0 Å². The fraction of sp³-hybridized carbons (Fsp3) is 0.486. The van der Waals surface area contributed by atoms with E-state index in [9.17, 15) is 9.50 Å². The summed E-state index contributed by atoms with van der Waals surface area (Å²) in [7, 11) is 0. The van der Waals surface area contributed by atoms with Crippen LogP contribution in [0.2, 0.25) is 0 Å². The van der Waals surface area contributed by atoms with Crippen molar-refractivity contribution in [3.05, 3.63) is 47.8 Å². The van der Waals surface area contributed by atoms with E-state index in [0.29, 0.717) is 53.7 Å². The first-order valence-electron chi connectivity index (χ1n) is 16.4. The minimum absolute atomic E-state index is 0.0213. The van der Waals surface area contributed by atoms with Crippen LogP contribution in [0, 0.1) is 5.82 Å². The Morgan fingerprint density at radius 1 is 1.13 bits per heavy atom. The summed E-state index contributed by atoms with van der Waals surface area (Å²) in [5.41, 5.74) is 1.71. The van der Waals surface area contributed by atoms with E-state index in [0.717, 1.165) is 61.5 Å². The smallest absolute Gasteiger partial charge is 0.319 e. The molecular formula is C35H37F2N5O3. The van der Waals surface area contributed by atoms with E-state index in [4.69, 9.17) is 19.4 Å². The third-order valence-electron chi connectivity index (χ3n) is 11.0. The van der Waals surface area contributed by atoms with Gasteiger partial charge in [0.25, 0.3) is 0 Å². The Labute approximate surface area is 260 Å². The minimum Gasteiger partial charge on any atom is -0.508 e. The van der Waals surface area contributed by atoms with Crippen LogP contribution in [0.3, 0.4) is 0 Å². The maximum atomic E-state index is 17.1. The van der Waals surface area contributed by atoms with E-state index < -0.39 is 12.0 Å². The van der Waals surface area contributed by atoms with E-state index in [1.807, 2.05) is 18.2 Å². The fourth-order valence-corrected chi connectivity index (χ4v) is 8.95. The topological polar surface area (TPSA) is 83.0 Å². The SMILES string of the molecule is CCc1cccc2cc(O)cc(-c3cc4c5c(nc(OC[C@@]67CCCN6C[C@@H](F)C7)nc5c3F)N3C[C@H]5CC[C@H](N5)[C@@H]3CO4)c12. The predicted molar refractivity (Wildman–Crippen MR) is 169 cm³/mol. The molecule has 3 aromatic carbocycles. The normalized spacial score (nSPS) is 28.7. The van der Waals surface area contributed by atoms with Crippen LogP contribution >= 0.6 is 0 Å². The van der Waals surface area contributed by atoms with Crippen molar-refractivity contribution < 1.29 is 23.4 Å². The molecule has 2 N–H and O–H groups in total. The number of anilines is 1. The molecule has 0 saturated carbocycles. The Morgan fingerprint density at radius 3 is 2.93 bits per heavy atom. The van der Waals surface area contributed by atoms with Gasteiger partial charge in [-0.1, -0.05) is 25.1 Å². The first kappa shape index (κ1) is 27.5. The number of benzene rings is 3. The van der Waals surface area contributed by atoms with E-state index in [1.54, 1.807) is 18.2 Å². The van der Waals surface area contributed by atoms with Gasteiger partial charge in [-0.25, -0.2) is 8.78 Å². The largest absolute Gasteiger partial charge is 0.508 e. The Morgan fingerprint density at radius 2 is 2.04 bits per heavy atom. The van der Waals surface area contributed by atoms with Gasteiger partial charge in [0.1, 0.15) is 42.2 Å². The number of nitrogens with one attached hydrogen (secondary N) is 1. The van der Waals surface area contributed by atoms with Crippen LogP contribution in [0.5, 0.6) is 17.5 Å². The van der Waals surface area contributed by atoms with E-state index in [1.165, 1.54) is 0 Å². The van der Waals surface area contributed by atoms with Crippen molar-refractivity contribution >= 4 is 27.5 Å². The molecule has 1 aromatic heterocycles. The zero-order valence-electron chi connectivity index (χ0n) is 25.4. The number of halogens is 2. The zero-order valence-corrected chi connectivity index (χ0v) is 25.4. The summed E-state index contributed by atoms with van der Waals surface area (Å²) in [6.45, 7) is 4.77. The summed E-state index contributed by atoms with van der Waals surface area (Å²) in [6.07, 6.45) is 4.28. The maximum Gasteiger partial charge on any atom is 0.319 e. The van der Waals surface area contributed by atoms with Gasteiger partial charge in [0.15, 0.2) is 5.82 Å². The molecule has 8 nitrogen and oxygen atoms in total. The second-order valence-electron chi connectivity index (χ2n) is 13.6. The molecule has 4 aromatic rings. The van der Waals surface area contributed by atoms with Gasteiger partial charge in [0.2, 0.25) is 0 Å². The van der Waals surface area contributed by atoms with Crippen LogP contribution in [-0.4, -0.2) is 82.7 Å². The maximum absolute atomic E-state index is 17.1. The molecule has 10 heteroatoms. The Bertz CT molecular complexity index is 1850. The average Bonchev–Trinajstić information content (AvgIpc) is 3.67. The van der Waals surface area contributed by atoms with E-state index in [-0.39, 0.29) is 41.5 Å². The monoisotopic (exact) mass is 613 g/mol.